The Hall–Kier alpha value is -3.32. The molecule has 4 aromatic rings. The van der Waals surface area contributed by atoms with Gasteiger partial charge in [0.05, 0.1) is 16.6 Å². The van der Waals surface area contributed by atoms with Crippen LogP contribution >= 0.6 is 11.6 Å². The van der Waals surface area contributed by atoms with Crippen molar-refractivity contribution < 1.29 is 23.1 Å². The molecule has 0 unspecified atom stereocenters. The SMILES string of the molecule is O=C(O)c1ccc(-n2cc(Cc3c(Cl)cccc3C(F)(F)F)c3ccccc32)nc1. The third kappa shape index (κ3) is 3.64. The number of aromatic carboxylic acids is 1. The summed E-state index contributed by atoms with van der Waals surface area (Å²) in [6.45, 7) is 0. The molecule has 2 aromatic carbocycles. The van der Waals surface area contributed by atoms with Crippen LogP contribution in [-0.4, -0.2) is 20.6 Å². The first-order valence-electron chi connectivity index (χ1n) is 8.89. The van der Waals surface area contributed by atoms with Crippen LogP contribution in [0.5, 0.6) is 0 Å². The normalized spacial score (nSPS) is 11.7. The summed E-state index contributed by atoms with van der Waals surface area (Å²) in [6.07, 6.45) is -1.60. The second-order valence-electron chi connectivity index (χ2n) is 6.69. The Morgan fingerprint density at radius 1 is 1.07 bits per heavy atom. The van der Waals surface area contributed by atoms with Crippen LogP contribution in [-0.2, 0) is 12.6 Å². The van der Waals surface area contributed by atoms with Gasteiger partial charge in [0.1, 0.15) is 5.82 Å². The van der Waals surface area contributed by atoms with Gasteiger partial charge in [0.25, 0.3) is 0 Å². The fraction of sp³-hybridized carbons (Fsp3) is 0.0909. The van der Waals surface area contributed by atoms with Crippen molar-refractivity contribution in [1.82, 2.24) is 9.55 Å². The quantitative estimate of drug-likeness (QED) is 0.433. The monoisotopic (exact) mass is 430 g/mol. The molecule has 0 spiro atoms. The standard InChI is InChI=1S/C22H14ClF3N2O2/c23-18-6-3-5-17(22(24,25)26)16(18)10-14-12-28(19-7-2-1-4-15(14)19)20-9-8-13(11-27-20)21(29)30/h1-9,11-12H,10H2,(H,29,30). The highest BCUT2D eigenvalue weighted by atomic mass is 35.5. The molecule has 0 bridgehead atoms. The van der Waals surface area contributed by atoms with E-state index >= 15 is 0 Å². The molecule has 4 nitrogen and oxygen atoms in total. The minimum atomic E-state index is -4.52. The average molecular weight is 431 g/mol. The lowest BCUT2D eigenvalue weighted by atomic mass is 9.99. The largest absolute Gasteiger partial charge is 0.478 e. The van der Waals surface area contributed by atoms with Crippen molar-refractivity contribution >= 4 is 28.5 Å². The Balaban J connectivity index is 1.84. The fourth-order valence-corrected chi connectivity index (χ4v) is 3.67. The second kappa shape index (κ2) is 7.50. The van der Waals surface area contributed by atoms with Crippen LogP contribution in [0.2, 0.25) is 5.02 Å². The van der Waals surface area contributed by atoms with Gasteiger partial charge in [0, 0.05) is 29.2 Å². The van der Waals surface area contributed by atoms with Crippen molar-refractivity contribution in [3.8, 4) is 5.82 Å². The lowest BCUT2D eigenvalue weighted by Gasteiger charge is -2.14. The minimum absolute atomic E-state index is 0.00348. The van der Waals surface area contributed by atoms with Crippen molar-refractivity contribution in [2.45, 2.75) is 12.6 Å². The van der Waals surface area contributed by atoms with Crippen LogP contribution in [0.15, 0.2) is 67.0 Å². The van der Waals surface area contributed by atoms with Crippen LogP contribution < -0.4 is 0 Å². The molecule has 0 amide bonds. The van der Waals surface area contributed by atoms with Crippen molar-refractivity contribution in [2.24, 2.45) is 0 Å². The molecule has 0 radical (unpaired) electrons. The van der Waals surface area contributed by atoms with E-state index in [-0.39, 0.29) is 22.6 Å². The van der Waals surface area contributed by atoms with Gasteiger partial charge < -0.3 is 9.67 Å². The van der Waals surface area contributed by atoms with Gasteiger partial charge in [-0.05, 0) is 41.5 Å². The van der Waals surface area contributed by atoms with E-state index in [0.29, 0.717) is 11.4 Å². The zero-order valence-corrected chi connectivity index (χ0v) is 16.1. The highest BCUT2D eigenvalue weighted by Crippen LogP contribution is 2.37. The predicted octanol–water partition coefficient (Wildman–Crippen LogP) is 5.99. The Morgan fingerprint density at radius 3 is 2.50 bits per heavy atom. The summed E-state index contributed by atoms with van der Waals surface area (Å²) >= 11 is 6.13. The molecule has 1 N–H and O–H groups in total. The van der Waals surface area contributed by atoms with Crippen LogP contribution in [0.4, 0.5) is 13.2 Å². The summed E-state index contributed by atoms with van der Waals surface area (Å²) < 4.78 is 42.2. The van der Waals surface area contributed by atoms with E-state index < -0.39 is 17.7 Å². The number of pyridine rings is 1. The van der Waals surface area contributed by atoms with E-state index in [1.54, 1.807) is 22.9 Å². The molecular formula is C22H14ClF3N2O2. The molecule has 0 aliphatic carbocycles. The number of aromatic nitrogens is 2. The Labute approximate surface area is 174 Å². The van der Waals surface area contributed by atoms with E-state index in [4.69, 9.17) is 16.7 Å². The number of halogens is 4. The maximum Gasteiger partial charge on any atom is 0.416 e. The molecule has 2 aromatic heterocycles. The predicted molar refractivity (Wildman–Crippen MR) is 107 cm³/mol. The maximum absolute atomic E-state index is 13.5. The first kappa shape index (κ1) is 20.0. The molecule has 0 fully saturated rings. The average Bonchev–Trinajstić information content (AvgIpc) is 3.07. The maximum atomic E-state index is 13.5. The molecule has 0 saturated heterocycles. The number of para-hydroxylation sites is 1. The second-order valence-corrected chi connectivity index (χ2v) is 7.10. The number of nitrogens with zero attached hydrogens (tertiary/aromatic N) is 2. The van der Waals surface area contributed by atoms with Crippen molar-refractivity contribution in [2.75, 3.05) is 0 Å². The van der Waals surface area contributed by atoms with Gasteiger partial charge in [-0.1, -0.05) is 35.9 Å². The van der Waals surface area contributed by atoms with Gasteiger partial charge in [0.2, 0.25) is 0 Å². The smallest absolute Gasteiger partial charge is 0.416 e. The minimum Gasteiger partial charge on any atom is -0.478 e. The first-order chi connectivity index (χ1) is 14.3. The molecule has 8 heteroatoms. The number of carboxylic acid groups (broad SMARTS) is 1. The number of rotatable bonds is 4. The van der Waals surface area contributed by atoms with Crippen LogP contribution in [0.1, 0.15) is 27.0 Å². The Bertz CT molecular complexity index is 1250. The number of carboxylic acids is 1. The van der Waals surface area contributed by atoms with E-state index in [0.717, 1.165) is 17.0 Å². The van der Waals surface area contributed by atoms with E-state index in [2.05, 4.69) is 4.98 Å². The number of carbonyl (C=O) groups is 1. The number of benzene rings is 2. The molecule has 0 saturated carbocycles. The van der Waals surface area contributed by atoms with Crippen LogP contribution in [0.25, 0.3) is 16.7 Å². The van der Waals surface area contributed by atoms with Crippen LogP contribution in [0.3, 0.4) is 0 Å². The van der Waals surface area contributed by atoms with Crippen molar-refractivity contribution in [1.29, 1.82) is 0 Å². The third-order valence-electron chi connectivity index (χ3n) is 4.83. The lowest BCUT2D eigenvalue weighted by Crippen LogP contribution is -2.10. The van der Waals surface area contributed by atoms with Crippen LogP contribution in [0, 0.1) is 0 Å². The van der Waals surface area contributed by atoms with E-state index in [9.17, 15) is 18.0 Å². The number of fused-ring (bicyclic) bond motifs is 1. The van der Waals surface area contributed by atoms with E-state index in [1.165, 1.54) is 24.4 Å². The summed E-state index contributed by atoms with van der Waals surface area (Å²) in [5.41, 5.74) is 0.665. The number of hydrogen-bond donors (Lipinski definition) is 1. The van der Waals surface area contributed by atoms with Gasteiger partial charge in [0.15, 0.2) is 0 Å². The fourth-order valence-electron chi connectivity index (χ4n) is 3.43. The Kier molecular flexibility index (Phi) is 4.99. The molecule has 0 aliphatic rings. The molecule has 4 rings (SSSR count). The summed E-state index contributed by atoms with van der Waals surface area (Å²) in [7, 11) is 0. The first-order valence-corrected chi connectivity index (χ1v) is 9.27. The summed E-state index contributed by atoms with van der Waals surface area (Å²) in [6, 6.07) is 14.0. The Morgan fingerprint density at radius 2 is 1.83 bits per heavy atom. The number of alkyl halides is 3. The molecular weight excluding hydrogens is 417 g/mol. The van der Waals surface area contributed by atoms with Gasteiger partial charge in [-0.3, -0.25) is 0 Å². The number of hydrogen-bond acceptors (Lipinski definition) is 2. The topological polar surface area (TPSA) is 55.1 Å². The molecule has 0 atom stereocenters. The molecule has 30 heavy (non-hydrogen) atoms. The highest BCUT2D eigenvalue weighted by molar-refractivity contribution is 6.31. The lowest BCUT2D eigenvalue weighted by molar-refractivity contribution is -0.138. The molecule has 0 aliphatic heterocycles. The van der Waals surface area contributed by atoms with Gasteiger partial charge in [-0.15, -0.1) is 0 Å². The zero-order valence-electron chi connectivity index (χ0n) is 15.3. The van der Waals surface area contributed by atoms with Gasteiger partial charge in [-0.25, -0.2) is 9.78 Å². The summed E-state index contributed by atoms with van der Waals surface area (Å²) in [5.74, 6) is -0.636. The highest BCUT2D eigenvalue weighted by Gasteiger charge is 2.34. The van der Waals surface area contributed by atoms with Gasteiger partial charge >= 0.3 is 12.1 Å². The molecule has 152 valence electrons. The summed E-state index contributed by atoms with van der Waals surface area (Å²) in [5, 5.41) is 9.86. The van der Waals surface area contributed by atoms with Crippen molar-refractivity contribution in [3.05, 3.63) is 94.3 Å². The van der Waals surface area contributed by atoms with Gasteiger partial charge in [-0.2, -0.15) is 13.2 Å². The van der Waals surface area contributed by atoms with Crippen molar-refractivity contribution in [3.63, 3.8) is 0 Å². The zero-order chi connectivity index (χ0) is 21.5. The third-order valence-corrected chi connectivity index (χ3v) is 5.18. The van der Waals surface area contributed by atoms with E-state index in [1.807, 2.05) is 18.2 Å². The summed E-state index contributed by atoms with van der Waals surface area (Å²) in [4.78, 5) is 15.3. The molecule has 2 heterocycles.